The number of aromatic nitrogens is 3. The van der Waals surface area contributed by atoms with Crippen molar-refractivity contribution in [2.45, 2.75) is 25.8 Å². The van der Waals surface area contributed by atoms with Crippen LogP contribution in [0.1, 0.15) is 24.2 Å². The number of ether oxygens (including phenoxy) is 2. The van der Waals surface area contributed by atoms with Gasteiger partial charge in [0.2, 0.25) is 11.6 Å². The Morgan fingerprint density at radius 1 is 1.03 bits per heavy atom. The molecule has 2 heterocycles. The third-order valence-electron chi connectivity index (χ3n) is 5.29. The predicted octanol–water partition coefficient (Wildman–Crippen LogP) is 5.20. The van der Waals surface area contributed by atoms with Crippen LogP contribution >= 0.6 is 0 Å². The summed E-state index contributed by atoms with van der Waals surface area (Å²) in [6, 6.07) is 18.4. The quantitative estimate of drug-likeness (QED) is 0.357. The standard InChI is InChI=1S/C26H18F3N3O3/c27-26(28,29)35-21-4-1-3-17(15-21)16-34-20-11-9-18(10-12-20)22-5-2-6-25-30-24(31-32(22)25)14-13-23(33)19-7-8-19/h1-6,9-12,15,19H,7-8,16H2. The van der Waals surface area contributed by atoms with Crippen LogP contribution < -0.4 is 9.47 Å². The molecular weight excluding hydrogens is 459 g/mol. The number of benzene rings is 2. The van der Waals surface area contributed by atoms with E-state index in [0.717, 1.165) is 24.1 Å². The molecule has 0 aliphatic heterocycles. The van der Waals surface area contributed by atoms with E-state index in [0.29, 0.717) is 17.0 Å². The van der Waals surface area contributed by atoms with Crippen molar-refractivity contribution in [2.75, 3.05) is 0 Å². The Morgan fingerprint density at radius 3 is 2.54 bits per heavy atom. The zero-order valence-corrected chi connectivity index (χ0v) is 18.2. The van der Waals surface area contributed by atoms with Crippen LogP contribution in [0.4, 0.5) is 13.2 Å². The summed E-state index contributed by atoms with van der Waals surface area (Å²) in [5.74, 6) is 5.91. The van der Waals surface area contributed by atoms with Crippen LogP contribution in [0.5, 0.6) is 11.5 Å². The summed E-state index contributed by atoms with van der Waals surface area (Å²) in [4.78, 5) is 16.2. The molecule has 1 aliphatic carbocycles. The summed E-state index contributed by atoms with van der Waals surface area (Å²) in [5, 5.41) is 4.43. The van der Waals surface area contributed by atoms with Gasteiger partial charge in [-0.1, -0.05) is 18.2 Å². The normalized spacial score (nSPS) is 13.2. The van der Waals surface area contributed by atoms with Crippen molar-refractivity contribution in [1.29, 1.82) is 0 Å². The van der Waals surface area contributed by atoms with Crippen LogP contribution in [-0.4, -0.2) is 26.7 Å². The number of carbonyl (C=O) groups is 1. The van der Waals surface area contributed by atoms with Gasteiger partial charge in [0.25, 0.3) is 0 Å². The summed E-state index contributed by atoms with van der Waals surface area (Å²) in [5.41, 5.74) is 2.77. The molecule has 4 aromatic rings. The smallest absolute Gasteiger partial charge is 0.489 e. The van der Waals surface area contributed by atoms with E-state index < -0.39 is 6.36 Å². The van der Waals surface area contributed by atoms with Crippen molar-refractivity contribution in [2.24, 2.45) is 5.92 Å². The fourth-order valence-electron chi connectivity index (χ4n) is 3.46. The van der Waals surface area contributed by atoms with Gasteiger partial charge in [0, 0.05) is 11.5 Å². The predicted molar refractivity (Wildman–Crippen MR) is 120 cm³/mol. The number of pyridine rings is 1. The molecular formula is C26H18F3N3O3. The molecule has 0 saturated heterocycles. The van der Waals surface area contributed by atoms with Gasteiger partial charge in [0.1, 0.15) is 18.1 Å². The van der Waals surface area contributed by atoms with E-state index in [4.69, 9.17) is 4.74 Å². The second-order valence-corrected chi connectivity index (χ2v) is 8.01. The van der Waals surface area contributed by atoms with Crippen LogP contribution in [0.15, 0.2) is 66.7 Å². The summed E-state index contributed by atoms with van der Waals surface area (Å²) in [7, 11) is 0. The third-order valence-corrected chi connectivity index (χ3v) is 5.29. The minimum absolute atomic E-state index is 0.0630. The van der Waals surface area contributed by atoms with E-state index in [2.05, 4.69) is 26.7 Å². The average molecular weight is 477 g/mol. The Hall–Kier alpha value is -4.32. The van der Waals surface area contributed by atoms with Gasteiger partial charge < -0.3 is 9.47 Å². The van der Waals surface area contributed by atoms with Gasteiger partial charge in [-0.25, -0.2) is 4.52 Å². The maximum Gasteiger partial charge on any atom is 0.573 e. The monoisotopic (exact) mass is 477 g/mol. The molecule has 5 rings (SSSR count). The molecule has 1 saturated carbocycles. The van der Waals surface area contributed by atoms with E-state index in [1.54, 1.807) is 28.8 Å². The molecule has 176 valence electrons. The van der Waals surface area contributed by atoms with Crippen molar-refractivity contribution in [1.82, 2.24) is 14.6 Å². The summed E-state index contributed by atoms with van der Waals surface area (Å²) in [6.45, 7) is 0.0780. The Balaban J connectivity index is 1.29. The number of Topliss-reactive ketones (excluding diaryl/α,β-unsaturated/α-hetero) is 1. The lowest BCUT2D eigenvalue weighted by molar-refractivity contribution is -0.274. The number of hydrogen-bond donors (Lipinski definition) is 0. The van der Waals surface area contributed by atoms with Crippen molar-refractivity contribution in [3.8, 4) is 34.6 Å². The topological polar surface area (TPSA) is 65.7 Å². The summed E-state index contributed by atoms with van der Waals surface area (Å²) < 4.78 is 48.6. The first-order valence-corrected chi connectivity index (χ1v) is 10.8. The maximum atomic E-state index is 12.4. The molecule has 35 heavy (non-hydrogen) atoms. The Morgan fingerprint density at radius 2 is 1.80 bits per heavy atom. The van der Waals surface area contributed by atoms with Crippen LogP contribution in [0.2, 0.25) is 0 Å². The zero-order valence-electron chi connectivity index (χ0n) is 18.2. The van der Waals surface area contributed by atoms with Crippen LogP contribution in [0, 0.1) is 17.8 Å². The third kappa shape index (κ3) is 5.61. The molecule has 9 heteroatoms. The number of rotatable bonds is 6. The zero-order chi connectivity index (χ0) is 24.4. The van der Waals surface area contributed by atoms with Crippen molar-refractivity contribution < 1.29 is 27.4 Å². The molecule has 0 spiro atoms. The molecule has 2 aromatic heterocycles. The molecule has 0 atom stereocenters. The number of alkyl halides is 3. The number of halogens is 3. The molecule has 0 unspecified atom stereocenters. The van der Waals surface area contributed by atoms with Gasteiger partial charge in [-0.15, -0.1) is 18.3 Å². The second-order valence-electron chi connectivity index (χ2n) is 8.01. The van der Waals surface area contributed by atoms with Crippen molar-refractivity contribution in [3.05, 3.63) is 78.1 Å². The molecule has 0 amide bonds. The van der Waals surface area contributed by atoms with Crippen molar-refractivity contribution >= 4 is 11.4 Å². The lowest BCUT2D eigenvalue weighted by Crippen LogP contribution is -2.17. The number of hydrogen-bond acceptors (Lipinski definition) is 5. The first-order chi connectivity index (χ1) is 16.8. The van der Waals surface area contributed by atoms with Gasteiger partial charge in [0.05, 0.1) is 5.69 Å². The molecule has 2 aromatic carbocycles. The number of carbonyl (C=O) groups excluding carboxylic acids is 1. The van der Waals surface area contributed by atoms with Gasteiger partial charge in [-0.3, -0.25) is 4.79 Å². The fraction of sp³-hybridized carbons (Fsp3) is 0.192. The van der Waals surface area contributed by atoms with Crippen LogP contribution in [0.3, 0.4) is 0 Å². The SMILES string of the molecule is O=C(C#Cc1nc2cccc(-c3ccc(OCc4cccc(OC(F)(F)F)c4)cc3)n2n1)C1CC1. The highest BCUT2D eigenvalue weighted by molar-refractivity contribution is 5.99. The molecule has 6 nitrogen and oxygen atoms in total. The Kier molecular flexibility index (Phi) is 5.87. The van der Waals surface area contributed by atoms with Crippen LogP contribution in [-0.2, 0) is 11.4 Å². The van der Waals surface area contributed by atoms with Crippen molar-refractivity contribution in [3.63, 3.8) is 0 Å². The maximum absolute atomic E-state index is 12.4. The lowest BCUT2D eigenvalue weighted by atomic mass is 10.1. The van der Waals surface area contributed by atoms with Crippen LogP contribution in [0.25, 0.3) is 16.9 Å². The highest BCUT2D eigenvalue weighted by Crippen LogP contribution is 2.29. The first-order valence-electron chi connectivity index (χ1n) is 10.8. The largest absolute Gasteiger partial charge is 0.573 e. The average Bonchev–Trinajstić information content (AvgIpc) is 3.59. The Bertz CT molecular complexity index is 1450. The summed E-state index contributed by atoms with van der Waals surface area (Å²) in [6.07, 6.45) is -2.95. The highest BCUT2D eigenvalue weighted by Gasteiger charge is 2.31. The molecule has 0 N–H and O–H groups in total. The molecule has 1 aliphatic rings. The lowest BCUT2D eigenvalue weighted by Gasteiger charge is -2.11. The van der Waals surface area contributed by atoms with Gasteiger partial charge in [-0.05, 0) is 78.8 Å². The van der Waals surface area contributed by atoms with Gasteiger partial charge in [0.15, 0.2) is 5.65 Å². The molecule has 1 fully saturated rings. The number of ketones is 1. The van der Waals surface area contributed by atoms with E-state index in [1.807, 2.05) is 24.3 Å². The second kappa shape index (κ2) is 9.14. The van der Waals surface area contributed by atoms with E-state index >= 15 is 0 Å². The van der Waals surface area contributed by atoms with Gasteiger partial charge in [-0.2, -0.15) is 4.98 Å². The van der Waals surface area contributed by atoms with Gasteiger partial charge >= 0.3 is 6.36 Å². The van der Waals surface area contributed by atoms with E-state index in [-0.39, 0.29) is 29.9 Å². The minimum Gasteiger partial charge on any atom is -0.489 e. The number of nitrogens with zero attached hydrogens (tertiary/aromatic N) is 3. The molecule has 0 radical (unpaired) electrons. The van der Waals surface area contributed by atoms with E-state index in [9.17, 15) is 18.0 Å². The Labute approximate surface area is 198 Å². The molecule has 0 bridgehead atoms. The van der Waals surface area contributed by atoms with E-state index in [1.165, 1.54) is 18.2 Å². The number of fused-ring (bicyclic) bond motifs is 1. The highest BCUT2D eigenvalue weighted by atomic mass is 19.4. The fourth-order valence-corrected chi connectivity index (χ4v) is 3.46. The minimum atomic E-state index is -4.75. The first kappa shape index (κ1) is 22.5. The summed E-state index contributed by atoms with van der Waals surface area (Å²) >= 11 is 0.